The third kappa shape index (κ3) is 2.80. The molecule has 0 bridgehead atoms. The molecule has 126 valence electrons. The average molecular weight is 335 g/mol. The summed E-state index contributed by atoms with van der Waals surface area (Å²) >= 11 is 0. The van der Waals surface area contributed by atoms with Crippen LogP contribution in [-0.4, -0.2) is 30.0 Å². The predicted octanol–water partition coefficient (Wildman–Crippen LogP) is 1.37. The van der Waals surface area contributed by atoms with Crippen LogP contribution in [0.4, 0.5) is 0 Å². The highest BCUT2D eigenvalue weighted by atomic mass is 16.1. The molecule has 0 aliphatic heterocycles. The zero-order valence-electron chi connectivity index (χ0n) is 14.5. The zero-order valence-corrected chi connectivity index (χ0v) is 14.5. The van der Waals surface area contributed by atoms with Gasteiger partial charge in [-0.15, -0.1) is 5.10 Å². The molecular weight excluding hydrogens is 318 g/mol. The van der Waals surface area contributed by atoms with E-state index in [1.165, 1.54) is 4.68 Å². The van der Waals surface area contributed by atoms with E-state index < -0.39 is 5.56 Å². The van der Waals surface area contributed by atoms with Crippen molar-refractivity contribution in [2.24, 2.45) is 0 Å². The van der Waals surface area contributed by atoms with Gasteiger partial charge in [0.2, 0.25) is 0 Å². The standard InChI is InChI=1S/C17H17N7O/c1-10-6-5-7-11(2)16(10)24-15(19-21-22-24)9-23-17(25)14(8-18)12(3)13(4)20-23/h5-7H,9H2,1-4H3. The lowest BCUT2D eigenvalue weighted by molar-refractivity contribution is 0.587. The van der Waals surface area contributed by atoms with Gasteiger partial charge < -0.3 is 0 Å². The van der Waals surface area contributed by atoms with Crippen LogP contribution in [0, 0.1) is 39.0 Å². The molecular formula is C17H17N7O. The van der Waals surface area contributed by atoms with E-state index in [2.05, 4.69) is 20.6 Å². The number of hydrogen-bond acceptors (Lipinski definition) is 6. The zero-order chi connectivity index (χ0) is 18.1. The van der Waals surface area contributed by atoms with Crippen LogP contribution >= 0.6 is 0 Å². The van der Waals surface area contributed by atoms with Gasteiger partial charge in [0.25, 0.3) is 5.56 Å². The first kappa shape index (κ1) is 16.5. The molecule has 0 saturated heterocycles. The summed E-state index contributed by atoms with van der Waals surface area (Å²) in [6.45, 7) is 7.51. The van der Waals surface area contributed by atoms with E-state index >= 15 is 0 Å². The predicted molar refractivity (Wildman–Crippen MR) is 90.4 cm³/mol. The first-order valence-corrected chi connectivity index (χ1v) is 7.76. The Labute approximate surface area is 144 Å². The normalized spacial score (nSPS) is 10.7. The molecule has 3 rings (SSSR count). The van der Waals surface area contributed by atoms with Gasteiger partial charge in [-0.05, 0) is 54.8 Å². The van der Waals surface area contributed by atoms with Crippen molar-refractivity contribution in [3.05, 3.63) is 62.3 Å². The first-order chi connectivity index (χ1) is 11.9. The molecule has 0 amide bonds. The van der Waals surface area contributed by atoms with Crippen LogP contribution in [0.5, 0.6) is 0 Å². The molecule has 0 N–H and O–H groups in total. The van der Waals surface area contributed by atoms with Crippen molar-refractivity contribution in [1.29, 1.82) is 5.26 Å². The van der Waals surface area contributed by atoms with Crippen molar-refractivity contribution in [3.8, 4) is 11.8 Å². The number of hydrogen-bond donors (Lipinski definition) is 0. The molecule has 3 aromatic rings. The number of rotatable bonds is 3. The monoisotopic (exact) mass is 335 g/mol. The van der Waals surface area contributed by atoms with Gasteiger partial charge in [0.15, 0.2) is 5.82 Å². The molecule has 0 saturated carbocycles. The van der Waals surface area contributed by atoms with E-state index in [-0.39, 0.29) is 12.1 Å². The first-order valence-electron chi connectivity index (χ1n) is 7.76. The van der Waals surface area contributed by atoms with Crippen LogP contribution < -0.4 is 5.56 Å². The highest BCUT2D eigenvalue weighted by molar-refractivity contribution is 5.46. The maximum Gasteiger partial charge on any atom is 0.285 e. The maximum absolute atomic E-state index is 12.5. The van der Waals surface area contributed by atoms with Gasteiger partial charge in [-0.3, -0.25) is 4.79 Å². The molecule has 0 spiro atoms. The molecule has 8 heteroatoms. The minimum atomic E-state index is -0.443. The summed E-state index contributed by atoms with van der Waals surface area (Å²) in [4.78, 5) is 12.5. The minimum absolute atomic E-state index is 0.0788. The van der Waals surface area contributed by atoms with Gasteiger partial charge in [0.05, 0.1) is 11.4 Å². The van der Waals surface area contributed by atoms with Crippen LogP contribution in [-0.2, 0) is 6.54 Å². The Morgan fingerprint density at radius 2 is 1.84 bits per heavy atom. The second kappa shape index (κ2) is 6.28. The van der Waals surface area contributed by atoms with Crippen LogP contribution in [0.2, 0.25) is 0 Å². The summed E-state index contributed by atoms with van der Waals surface area (Å²) in [5.74, 6) is 0.471. The summed E-state index contributed by atoms with van der Waals surface area (Å²) in [7, 11) is 0. The van der Waals surface area contributed by atoms with Crippen molar-refractivity contribution in [2.45, 2.75) is 34.2 Å². The molecule has 0 unspecified atom stereocenters. The number of para-hydroxylation sites is 1. The number of benzene rings is 1. The fourth-order valence-electron chi connectivity index (χ4n) is 2.76. The molecule has 0 radical (unpaired) electrons. The van der Waals surface area contributed by atoms with Crippen molar-refractivity contribution in [1.82, 2.24) is 30.0 Å². The third-order valence-corrected chi connectivity index (χ3v) is 4.23. The SMILES string of the molecule is Cc1cccc(C)c1-n1nnnc1Cn1nc(C)c(C)c(C#N)c1=O. The van der Waals surface area contributed by atoms with Crippen LogP contribution in [0.25, 0.3) is 5.69 Å². The summed E-state index contributed by atoms with van der Waals surface area (Å²) in [6, 6.07) is 7.87. The Bertz CT molecular complexity index is 1040. The molecule has 0 aliphatic rings. The summed E-state index contributed by atoms with van der Waals surface area (Å²) in [5.41, 5.74) is 3.79. The summed E-state index contributed by atoms with van der Waals surface area (Å²) in [6.07, 6.45) is 0. The third-order valence-electron chi connectivity index (χ3n) is 4.23. The van der Waals surface area contributed by atoms with Gasteiger partial charge >= 0.3 is 0 Å². The maximum atomic E-state index is 12.5. The molecule has 2 heterocycles. The minimum Gasteiger partial charge on any atom is -0.266 e. The Morgan fingerprint density at radius 1 is 1.16 bits per heavy atom. The molecule has 8 nitrogen and oxygen atoms in total. The molecule has 25 heavy (non-hydrogen) atoms. The Hall–Kier alpha value is -3.34. The fourth-order valence-corrected chi connectivity index (χ4v) is 2.76. The number of nitrogens with zero attached hydrogens (tertiary/aromatic N) is 7. The van der Waals surface area contributed by atoms with Crippen molar-refractivity contribution in [2.75, 3.05) is 0 Å². The molecule has 0 fully saturated rings. The Morgan fingerprint density at radius 3 is 2.48 bits per heavy atom. The fraction of sp³-hybridized carbons (Fsp3) is 0.294. The lowest BCUT2D eigenvalue weighted by Gasteiger charge is -2.12. The quantitative estimate of drug-likeness (QED) is 0.716. The van der Waals surface area contributed by atoms with Crippen LogP contribution in [0.15, 0.2) is 23.0 Å². The lowest BCUT2D eigenvalue weighted by atomic mass is 10.1. The number of tetrazole rings is 1. The highest BCUT2D eigenvalue weighted by Crippen LogP contribution is 2.18. The highest BCUT2D eigenvalue weighted by Gasteiger charge is 2.17. The number of aromatic nitrogens is 6. The van der Waals surface area contributed by atoms with Gasteiger partial charge in [0, 0.05) is 0 Å². The second-order valence-corrected chi connectivity index (χ2v) is 5.91. The summed E-state index contributed by atoms with van der Waals surface area (Å²) in [5, 5.41) is 25.4. The van der Waals surface area contributed by atoms with Crippen molar-refractivity contribution < 1.29 is 0 Å². The topological polar surface area (TPSA) is 102 Å². The van der Waals surface area contributed by atoms with Gasteiger partial charge in [-0.2, -0.15) is 15.0 Å². The van der Waals surface area contributed by atoms with Crippen LogP contribution in [0.3, 0.4) is 0 Å². The Kier molecular flexibility index (Phi) is 4.15. The van der Waals surface area contributed by atoms with E-state index in [4.69, 9.17) is 0 Å². The number of aryl methyl sites for hydroxylation is 3. The van der Waals surface area contributed by atoms with Gasteiger partial charge in [-0.1, -0.05) is 18.2 Å². The lowest BCUT2D eigenvalue weighted by Crippen LogP contribution is -2.29. The van der Waals surface area contributed by atoms with Crippen molar-refractivity contribution in [3.63, 3.8) is 0 Å². The smallest absolute Gasteiger partial charge is 0.266 e. The van der Waals surface area contributed by atoms with E-state index in [0.717, 1.165) is 16.8 Å². The largest absolute Gasteiger partial charge is 0.285 e. The van der Waals surface area contributed by atoms with E-state index in [9.17, 15) is 10.1 Å². The number of nitriles is 1. The molecule has 0 aliphatic carbocycles. The van der Waals surface area contributed by atoms with E-state index in [1.54, 1.807) is 18.5 Å². The van der Waals surface area contributed by atoms with Gasteiger partial charge in [-0.25, -0.2) is 4.68 Å². The molecule has 0 atom stereocenters. The average Bonchev–Trinajstić information content (AvgIpc) is 3.01. The Balaban J connectivity index is 2.12. The van der Waals surface area contributed by atoms with Gasteiger partial charge in [0.1, 0.15) is 18.2 Å². The molecule has 1 aromatic carbocycles. The van der Waals surface area contributed by atoms with E-state index in [0.29, 0.717) is 17.1 Å². The van der Waals surface area contributed by atoms with E-state index in [1.807, 2.05) is 38.1 Å². The second-order valence-electron chi connectivity index (χ2n) is 5.91. The van der Waals surface area contributed by atoms with Crippen LogP contribution in [0.1, 0.15) is 33.8 Å². The van der Waals surface area contributed by atoms with Crippen molar-refractivity contribution >= 4 is 0 Å². The summed E-state index contributed by atoms with van der Waals surface area (Å²) < 4.78 is 2.84. The molecule has 2 aromatic heterocycles.